The second-order valence-corrected chi connectivity index (χ2v) is 6.04. The number of carbonyl (C=O) groups is 1. The van der Waals surface area contributed by atoms with Crippen molar-refractivity contribution in [3.05, 3.63) is 29.8 Å². The third-order valence-corrected chi connectivity index (χ3v) is 4.02. The summed E-state index contributed by atoms with van der Waals surface area (Å²) in [6.07, 6.45) is 0.843. The quantitative estimate of drug-likeness (QED) is 0.921. The Balaban J connectivity index is 2.20. The monoisotopic (exact) mass is 276 g/mol. The van der Waals surface area contributed by atoms with Crippen molar-refractivity contribution in [2.75, 3.05) is 19.7 Å². The number of hydrogen-bond acceptors (Lipinski definition) is 3. The highest BCUT2D eigenvalue weighted by atomic mass is 16.5. The Labute approximate surface area is 120 Å². The predicted molar refractivity (Wildman–Crippen MR) is 79.9 cm³/mol. The van der Waals surface area contributed by atoms with E-state index in [1.165, 1.54) is 0 Å². The van der Waals surface area contributed by atoms with E-state index < -0.39 is 0 Å². The second-order valence-electron chi connectivity index (χ2n) is 6.04. The number of likely N-dealkylation sites (tertiary alicyclic amines) is 1. The Morgan fingerprint density at radius 1 is 1.45 bits per heavy atom. The highest BCUT2D eigenvalue weighted by Gasteiger charge is 2.36. The summed E-state index contributed by atoms with van der Waals surface area (Å²) >= 11 is 0. The Kier molecular flexibility index (Phi) is 4.33. The topological polar surface area (TPSA) is 55.6 Å². The molecule has 0 aromatic heterocycles. The van der Waals surface area contributed by atoms with E-state index in [0.717, 1.165) is 6.42 Å². The first-order valence-corrected chi connectivity index (χ1v) is 7.22. The van der Waals surface area contributed by atoms with E-state index in [-0.39, 0.29) is 17.4 Å². The van der Waals surface area contributed by atoms with E-state index in [1.807, 2.05) is 36.1 Å². The first-order chi connectivity index (χ1) is 9.45. The summed E-state index contributed by atoms with van der Waals surface area (Å²) in [5, 5.41) is 0. The van der Waals surface area contributed by atoms with Crippen LogP contribution in [0.15, 0.2) is 24.3 Å². The molecule has 1 aliphatic rings. The van der Waals surface area contributed by atoms with E-state index in [0.29, 0.717) is 31.0 Å². The van der Waals surface area contributed by atoms with Gasteiger partial charge in [0.05, 0.1) is 12.2 Å². The van der Waals surface area contributed by atoms with Gasteiger partial charge in [-0.15, -0.1) is 0 Å². The van der Waals surface area contributed by atoms with Crippen LogP contribution in [0.4, 0.5) is 0 Å². The number of piperidine rings is 1. The van der Waals surface area contributed by atoms with Crippen molar-refractivity contribution >= 4 is 5.91 Å². The number of carbonyl (C=O) groups excluding carboxylic acids is 1. The van der Waals surface area contributed by atoms with Crippen molar-refractivity contribution in [1.82, 2.24) is 4.90 Å². The lowest BCUT2D eigenvalue weighted by Gasteiger charge is -2.42. The van der Waals surface area contributed by atoms with Crippen molar-refractivity contribution in [2.24, 2.45) is 11.1 Å². The molecule has 0 radical (unpaired) electrons. The number of nitrogens with two attached hydrogens (primary N) is 1. The zero-order valence-electron chi connectivity index (χ0n) is 12.6. The van der Waals surface area contributed by atoms with Crippen molar-refractivity contribution in [3.8, 4) is 5.75 Å². The van der Waals surface area contributed by atoms with Gasteiger partial charge in [-0.25, -0.2) is 0 Å². The summed E-state index contributed by atoms with van der Waals surface area (Å²) in [6, 6.07) is 7.58. The van der Waals surface area contributed by atoms with Crippen molar-refractivity contribution in [2.45, 2.75) is 33.2 Å². The van der Waals surface area contributed by atoms with E-state index >= 15 is 0 Å². The van der Waals surface area contributed by atoms with Gasteiger partial charge >= 0.3 is 0 Å². The number of ether oxygens (including phenoxy) is 1. The van der Waals surface area contributed by atoms with Gasteiger partial charge in [0.15, 0.2) is 0 Å². The Bertz CT molecular complexity index is 485. The first kappa shape index (κ1) is 14.9. The number of para-hydroxylation sites is 1. The minimum Gasteiger partial charge on any atom is -0.493 e. The van der Waals surface area contributed by atoms with Gasteiger partial charge < -0.3 is 15.4 Å². The molecule has 0 bridgehead atoms. The van der Waals surface area contributed by atoms with Gasteiger partial charge in [-0.05, 0) is 30.9 Å². The zero-order valence-corrected chi connectivity index (χ0v) is 12.6. The minimum absolute atomic E-state index is 0.0361. The average Bonchev–Trinajstić information content (AvgIpc) is 2.42. The van der Waals surface area contributed by atoms with Gasteiger partial charge in [0, 0.05) is 19.1 Å². The van der Waals surface area contributed by atoms with E-state index in [1.54, 1.807) is 0 Å². The number of rotatable bonds is 3. The van der Waals surface area contributed by atoms with Crippen molar-refractivity contribution in [3.63, 3.8) is 0 Å². The molecule has 1 fully saturated rings. The van der Waals surface area contributed by atoms with Gasteiger partial charge in [0.2, 0.25) is 0 Å². The van der Waals surface area contributed by atoms with Gasteiger partial charge in [0.1, 0.15) is 5.75 Å². The SMILES string of the molecule is CCOc1ccccc1C(=O)N1CCC(N)C(C)(C)C1. The Morgan fingerprint density at radius 3 is 2.80 bits per heavy atom. The molecule has 1 unspecified atom stereocenters. The molecule has 1 aromatic rings. The van der Waals surface area contributed by atoms with Crippen molar-refractivity contribution < 1.29 is 9.53 Å². The van der Waals surface area contributed by atoms with Gasteiger partial charge in [0.25, 0.3) is 5.91 Å². The smallest absolute Gasteiger partial charge is 0.257 e. The highest BCUT2D eigenvalue weighted by Crippen LogP contribution is 2.30. The first-order valence-electron chi connectivity index (χ1n) is 7.22. The molecule has 1 atom stereocenters. The van der Waals surface area contributed by atoms with Crippen LogP contribution in [0.25, 0.3) is 0 Å². The van der Waals surface area contributed by atoms with Crippen LogP contribution in [0.3, 0.4) is 0 Å². The molecule has 20 heavy (non-hydrogen) atoms. The maximum atomic E-state index is 12.7. The standard InChI is InChI=1S/C16H24N2O2/c1-4-20-13-8-6-5-7-12(13)15(19)18-10-9-14(17)16(2,3)11-18/h5-8,14H,4,9-11,17H2,1-3H3. The lowest BCUT2D eigenvalue weighted by atomic mass is 9.79. The van der Waals surface area contributed by atoms with Crippen LogP contribution in [0.5, 0.6) is 5.75 Å². The molecule has 1 amide bonds. The van der Waals surface area contributed by atoms with E-state index in [9.17, 15) is 4.79 Å². The lowest BCUT2D eigenvalue weighted by molar-refractivity contribution is 0.0529. The zero-order chi connectivity index (χ0) is 14.8. The molecule has 110 valence electrons. The fourth-order valence-corrected chi connectivity index (χ4v) is 2.64. The number of nitrogens with zero attached hydrogens (tertiary/aromatic N) is 1. The Morgan fingerprint density at radius 2 is 2.15 bits per heavy atom. The minimum atomic E-state index is -0.0472. The second kappa shape index (κ2) is 5.83. The normalized spacial score (nSPS) is 21.6. The van der Waals surface area contributed by atoms with Crippen LogP contribution >= 0.6 is 0 Å². The molecule has 0 aliphatic carbocycles. The summed E-state index contributed by atoms with van der Waals surface area (Å²) in [7, 11) is 0. The van der Waals surface area contributed by atoms with Gasteiger partial charge in [-0.2, -0.15) is 0 Å². The fourth-order valence-electron chi connectivity index (χ4n) is 2.64. The maximum absolute atomic E-state index is 12.7. The highest BCUT2D eigenvalue weighted by molar-refractivity contribution is 5.97. The molecule has 4 heteroatoms. The molecular formula is C16H24N2O2. The van der Waals surface area contributed by atoms with Crippen LogP contribution in [-0.4, -0.2) is 36.5 Å². The number of benzene rings is 1. The molecule has 1 saturated heterocycles. The van der Waals surface area contributed by atoms with Crippen LogP contribution in [-0.2, 0) is 0 Å². The number of hydrogen-bond donors (Lipinski definition) is 1. The molecule has 4 nitrogen and oxygen atoms in total. The summed E-state index contributed by atoms with van der Waals surface area (Å²) in [4.78, 5) is 14.6. The molecular weight excluding hydrogens is 252 g/mol. The molecule has 0 spiro atoms. The fraction of sp³-hybridized carbons (Fsp3) is 0.562. The van der Waals surface area contributed by atoms with Crippen LogP contribution in [0.2, 0.25) is 0 Å². The molecule has 1 heterocycles. The van der Waals surface area contributed by atoms with Crippen LogP contribution in [0.1, 0.15) is 37.6 Å². The lowest BCUT2D eigenvalue weighted by Crippen LogP contribution is -2.54. The van der Waals surface area contributed by atoms with Crippen LogP contribution < -0.4 is 10.5 Å². The van der Waals surface area contributed by atoms with Crippen LogP contribution in [0, 0.1) is 5.41 Å². The third kappa shape index (κ3) is 2.96. The van der Waals surface area contributed by atoms with Gasteiger partial charge in [-0.3, -0.25) is 4.79 Å². The third-order valence-electron chi connectivity index (χ3n) is 4.02. The summed E-state index contributed by atoms with van der Waals surface area (Å²) in [6.45, 7) is 8.11. The van der Waals surface area contributed by atoms with E-state index in [4.69, 9.17) is 10.5 Å². The van der Waals surface area contributed by atoms with Crippen molar-refractivity contribution in [1.29, 1.82) is 0 Å². The summed E-state index contributed by atoms with van der Waals surface area (Å²) in [5.41, 5.74) is 6.72. The molecule has 1 aliphatic heterocycles. The molecule has 1 aromatic carbocycles. The largest absolute Gasteiger partial charge is 0.493 e. The van der Waals surface area contributed by atoms with Gasteiger partial charge in [-0.1, -0.05) is 26.0 Å². The number of amides is 1. The maximum Gasteiger partial charge on any atom is 0.257 e. The average molecular weight is 276 g/mol. The predicted octanol–water partition coefficient (Wildman–Crippen LogP) is 2.28. The molecule has 0 saturated carbocycles. The Hall–Kier alpha value is -1.55. The molecule has 2 N–H and O–H groups in total. The van der Waals surface area contributed by atoms with E-state index in [2.05, 4.69) is 13.8 Å². The molecule has 2 rings (SSSR count). The summed E-state index contributed by atoms with van der Waals surface area (Å²) in [5.74, 6) is 0.696. The summed E-state index contributed by atoms with van der Waals surface area (Å²) < 4.78 is 5.55.